The van der Waals surface area contributed by atoms with E-state index >= 15 is 0 Å². The first-order chi connectivity index (χ1) is 14.6. The summed E-state index contributed by atoms with van der Waals surface area (Å²) in [5.41, 5.74) is 11.3. The molecule has 0 aliphatic rings. The van der Waals surface area contributed by atoms with Gasteiger partial charge in [0.05, 0.1) is 6.20 Å². The summed E-state index contributed by atoms with van der Waals surface area (Å²) in [6.07, 6.45) is 5.06. The average molecular weight is 418 g/mol. The molecule has 0 atom stereocenters. The molecule has 148 valence electrons. The van der Waals surface area contributed by atoms with E-state index in [9.17, 15) is 0 Å². The molecule has 0 radical (unpaired) electrons. The first-order valence-electron chi connectivity index (χ1n) is 9.16. The summed E-state index contributed by atoms with van der Waals surface area (Å²) in [6, 6.07) is 13.0. The third-order valence-corrected chi connectivity index (χ3v) is 4.96. The van der Waals surface area contributed by atoms with Crippen LogP contribution in [0, 0.1) is 6.92 Å². The molecule has 3 heterocycles. The number of benzene rings is 2. The van der Waals surface area contributed by atoms with Crippen LogP contribution in [0.5, 0.6) is 0 Å². The lowest BCUT2D eigenvalue weighted by Crippen LogP contribution is -1.98. The highest BCUT2D eigenvalue weighted by Gasteiger charge is 2.16. The van der Waals surface area contributed by atoms with E-state index < -0.39 is 0 Å². The number of pyridine rings is 1. The molecule has 0 fully saturated rings. The van der Waals surface area contributed by atoms with Crippen LogP contribution in [-0.2, 0) is 0 Å². The van der Waals surface area contributed by atoms with Crippen molar-refractivity contribution >= 4 is 40.1 Å². The van der Waals surface area contributed by atoms with Crippen molar-refractivity contribution in [1.82, 2.24) is 15.0 Å². The first kappa shape index (κ1) is 18.2. The van der Waals surface area contributed by atoms with Gasteiger partial charge < -0.3 is 19.9 Å². The molecule has 7 nitrogen and oxygen atoms in total. The van der Waals surface area contributed by atoms with E-state index in [4.69, 9.17) is 26.2 Å². The molecule has 0 amide bonds. The van der Waals surface area contributed by atoms with Crippen LogP contribution in [-0.4, -0.2) is 15.0 Å². The Hall–Kier alpha value is -3.84. The maximum absolute atomic E-state index is 6.15. The van der Waals surface area contributed by atoms with E-state index in [1.165, 1.54) is 0 Å². The van der Waals surface area contributed by atoms with Gasteiger partial charge in [0.2, 0.25) is 5.89 Å². The summed E-state index contributed by atoms with van der Waals surface area (Å²) in [5.74, 6) is 1.10. The lowest BCUT2D eigenvalue weighted by atomic mass is 10.1. The fourth-order valence-corrected chi connectivity index (χ4v) is 3.36. The predicted octanol–water partition coefficient (Wildman–Crippen LogP) is 5.83. The highest BCUT2D eigenvalue weighted by molar-refractivity contribution is 6.31. The van der Waals surface area contributed by atoms with Gasteiger partial charge in [-0.25, -0.2) is 9.97 Å². The minimum Gasteiger partial charge on any atom is -0.436 e. The molecule has 0 aliphatic carbocycles. The van der Waals surface area contributed by atoms with Crippen molar-refractivity contribution in [1.29, 1.82) is 0 Å². The molecule has 0 bridgehead atoms. The van der Waals surface area contributed by atoms with Crippen molar-refractivity contribution in [3.63, 3.8) is 0 Å². The fraction of sp³-hybridized carbons (Fsp3) is 0.0455. The standard InChI is InChI=1S/C22H16ClN5O2/c1-12-16(21-27-17-3-2-14(23)8-19(17)29-21)9-15(24)10-18(12)28-22-26-11-20(30-22)13-4-6-25-7-5-13/h2-11H,24H2,1H3,(H,26,28). The second kappa shape index (κ2) is 7.20. The Morgan fingerprint density at radius 1 is 1.03 bits per heavy atom. The van der Waals surface area contributed by atoms with Gasteiger partial charge in [-0.3, -0.25) is 4.98 Å². The van der Waals surface area contributed by atoms with Crippen LogP contribution in [0.4, 0.5) is 17.4 Å². The molecule has 2 aromatic carbocycles. The average Bonchev–Trinajstić information content (AvgIpc) is 3.37. The number of hydrogen-bond donors (Lipinski definition) is 2. The summed E-state index contributed by atoms with van der Waals surface area (Å²) in [4.78, 5) is 12.9. The monoisotopic (exact) mass is 417 g/mol. The van der Waals surface area contributed by atoms with Crippen LogP contribution in [0.25, 0.3) is 33.9 Å². The number of halogens is 1. The van der Waals surface area contributed by atoms with Gasteiger partial charge in [-0.2, -0.15) is 0 Å². The van der Waals surface area contributed by atoms with Gasteiger partial charge in [0, 0.05) is 46.0 Å². The summed E-state index contributed by atoms with van der Waals surface area (Å²) in [5, 5.41) is 3.78. The zero-order valence-corrected chi connectivity index (χ0v) is 16.6. The zero-order valence-electron chi connectivity index (χ0n) is 15.9. The van der Waals surface area contributed by atoms with Gasteiger partial charge in [-0.05, 0) is 48.9 Å². The van der Waals surface area contributed by atoms with Crippen molar-refractivity contribution in [3.8, 4) is 22.8 Å². The number of hydrogen-bond acceptors (Lipinski definition) is 7. The number of oxazole rings is 2. The van der Waals surface area contributed by atoms with Crippen LogP contribution >= 0.6 is 11.6 Å². The molecule has 5 aromatic rings. The minimum absolute atomic E-state index is 0.353. The topological polar surface area (TPSA) is 103 Å². The van der Waals surface area contributed by atoms with E-state index in [2.05, 4.69) is 20.3 Å². The van der Waals surface area contributed by atoms with Crippen LogP contribution in [0.3, 0.4) is 0 Å². The summed E-state index contributed by atoms with van der Waals surface area (Å²) in [7, 11) is 0. The molecule has 0 unspecified atom stereocenters. The van der Waals surface area contributed by atoms with Gasteiger partial charge in [0.25, 0.3) is 6.01 Å². The Morgan fingerprint density at radius 2 is 1.87 bits per heavy atom. The van der Waals surface area contributed by atoms with Crippen LogP contribution in [0.2, 0.25) is 5.02 Å². The number of rotatable bonds is 4. The van der Waals surface area contributed by atoms with Gasteiger partial charge in [-0.1, -0.05) is 11.6 Å². The Kier molecular flexibility index (Phi) is 4.37. The second-order valence-corrected chi connectivity index (χ2v) is 7.20. The Labute approximate surface area is 176 Å². The van der Waals surface area contributed by atoms with Gasteiger partial charge >= 0.3 is 0 Å². The smallest absolute Gasteiger partial charge is 0.299 e. The van der Waals surface area contributed by atoms with Crippen molar-refractivity contribution < 1.29 is 8.83 Å². The third-order valence-electron chi connectivity index (χ3n) is 4.72. The van der Waals surface area contributed by atoms with Crippen LogP contribution in [0.1, 0.15) is 5.56 Å². The van der Waals surface area contributed by atoms with E-state index in [0.717, 1.165) is 27.9 Å². The number of anilines is 3. The predicted molar refractivity (Wildman–Crippen MR) is 117 cm³/mol. The number of nitrogens with one attached hydrogen (secondary N) is 1. The Balaban J connectivity index is 1.51. The van der Waals surface area contributed by atoms with E-state index in [0.29, 0.717) is 34.0 Å². The minimum atomic E-state index is 0.353. The van der Waals surface area contributed by atoms with Crippen LogP contribution in [0.15, 0.2) is 69.9 Å². The molecular weight excluding hydrogens is 402 g/mol. The molecular formula is C22H16ClN5O2. The Bertz CT molecular complexity index is 1360. The van der Waals surface area contributed by atoms with E-state index in [-0.39, 0.29) is 0 Å². The fourth-order valence-electron chi connectivity index (χ4n) is 3.20. The van der Waals surface area contributed by atoms with Gasteiger partial charge in [0.15, 0.2) is 11.3 Å². The molecule has 3 aromatic heterocycles. The molecule has 30 heavy (non-hydrogen) atoms. The van der Waals surface area contributed by atoms with Crippen molar-refractivity contribution in [2.75, 3.05) is 11.1 Å². The van der Waals surface area contributed by atoms with Crippen molar-refractivity contribution in [2.24, 2.45) is 0 Å². The molecule has 3 N–H and O–H groups in total. The van der Waals surface area contributed by atoms with Gasteiger partial charge in [-0.15, -0.1) is 0 Å². The number of aromatic nitrogens is 3. The molecule has 8 heteroatoms. The summed E-state index contributed by atoms with van der Waals surface area (Å²) in [6.45, 7) is 1.95. The summed E-state index contributed by atoms with van der Waals surface area (Å²) < 4.78 is 11.7. The van der Waals surface area contributed by atoms with E-state index in [1.807, 2.05) is 37.3 Å². The maximum atomic E-state index is 6.15. The largest absolute Gasteiger partial charge is 0.436 e. The van der Waals surface area contributed by atoms with Crippen molar-refractivity contribution in [3.05, 3.63) is 71.6 Å². The lowest BCUT2D eigenvalue weighted by Gasteiger charge is -2.11. The zero-order chi connectivity index (χ0) is 20.7. The highest BCUT2D eigenvalue weighted by atomic mass is 35.5. The normalized spacial score (nSPS) is 11.1. The van der Waals surface area contributed by atoms with Gasteiger partial charge in [0.1, 0.15) is 5.52 Å². The molecule has 0 saturated carbocycles. The molecule has 0 aliphatic heterocycles. The number of fused-ring (bicyclic) bond motifs is 1. The third kappa shape index (κ3) is 3.35. The Morgan fingerprint density at radius 3 is 2.70 bits per heavy atom. The van der Waals surface area contributed by atoms with Crippen molar-refractivity contribution in [2.45, 2.75) is 6.92 Å². The molecule has 0 spiro atoms. The summed E-state index contributed by atoms with van der Waals surface area (Å²) >= 11 is 6.05. The highest BCUT2D eigenvalue weighted by Crippen LogP contribution is 2.35. The van der Waals surface area contributed by atoms with Crippen LogP contribution < -0.4 is 11.1 Å². The molecule has 0 saturated heterocycles. The quantitative estimate of drug-likeness (QED) is 0.354. The number of nitrogens with two attached hydrogens (primary N) is 1. The number of nitrogen functional groups attached to an aromatic ring is 1. The maximum Gasteiger partial charge on any atom is 0.299 e. The van der Waals surface area contributed by atoms with E-state index in [1.54, 1.807) is 30.7 Å². The first-order valence-corrected chi connectivity index (χ1v) is 9.54. The SMILES string of the molecule is Cc1c(Nc2ncc(-c3ccncc3)o2)cc(N)cc1-c1nc2ccc(Cl)cc2o1. The second-order valence-electron chi connectivity index (χ2n) is 6.76. The number of nitrogens with zero attached hydrogens (tertiary/aromatic N) is 3. The lowest BCUT2D eigenvalue weighted by molar-refractivity contribution is 0.592. The molecule has 5 rings (SSSR count).